The predicted octanol–water partition coefficient (Wildman–Crippen LogP) is 4.71. The number of carbonyl (C=O) groups excluding carboxylic acids is 1. The Bertz CT molecular complexity index is 1270. The predicted molar refractivity (Wildman–Crippen MR) is 124 cm³/mol. The number of ether oxygens (including phenoxy) is 1. The minimum Gasteiger partial charge on any atom is -0.507 e. The summed E-state index contributed by atoms with van der Waals surface area (Å²) >= 11 is 0. The number of para-hydroxylation sites is 1. The van der Waals surface area contributed by atoms with E-state index in [1.807, 2.05) is 47.4 Å². The Balaban J connectivity index is 1.60. The maximum Gasteiger partial charge on any atom is 0.273 e. The third-order valence-corrected chi connectivity index (χ3v) is 5.79. The van der Waals surface area contributed by atoms with Crippen LogP contribution < -0.4 is 4.74 Å². The zero-order chi connectivity index (χ0) is 22.8. The maximum atomic E-state index is 13.5. The second kappa shape index (κ2) is 8.78. The molecule has 7 heteroatoms. The molecule has 1 amide bonds. The lowest BCUT2D eigenvalue weighted by atomic mass is 9.95. The summed E-state index contributed by atoms with van der Waals surface area (Å²) in [5.74, 6) is 0.778. The molecule has 1 aliphatic heterocycles. The van der Waals surface area contributed by atoms with Crippen molar-refractivity contribution in [3.63, 3.8) is 0 Å². The van der Waals surface area contributed by atoms with Crippen molar-refractivity contribution >= 4 is 5.91 Å². The number of phenols is 1. The molecule has 0 saturated carbocycles. The van der Waals surface area contributed by atoms with E-state index in [0.717, 1.165) is 28.9 Å². The maximum absolute atomic E-state index is 13.5. The fourth-order valence-electron chi connectivity index (χ4n) is 4.24. The van der Waals surface area contributed by atoms with Gasteiger partial charge in [0.05, 0.1) is 12.6 Å². The van der Waals surface area contributed by atoms with Gasteiger partial charge in [-0.15, -0.1) is 0 Å². The Morgan fingerprint density at radius 2 is 1.82 bits per heavy atom. The number of aromatic hydroxyl groups is 1. The molecular weight excluding hydrogens is 416 g/mol. The summed E-state index contributed by atoms with van der Waals surface area (Å²) in [6.45, 7) is 3.14. The Hall–Kier alpha value is -4.13. The number of aromatic amines is 1. The van der Waals surface area contributed by atoms with Gasteiger partial charge < -0.3 is 14.7 Å². The highest BCUT2D eigenvalue weighted by Gasteiger charge is 2.42. The van der Waals surface area contributed by atoms with Crippen LogP contribution in [0.25, 0.3) is 11.3 Å². The molecule has 7 nitrogen and oxygen atoms in total. The Morgan fingerprint density at radius 3 is 2.55 bits per heavy atom. The van der Waals surface area contributed by atoms with Crippen LogP contribution in [0.2, 0.25) is 0 Å². The first-order chi connectivity index (χ1) is 16.2. The second-order valence-corrected chi connectivity index (χ2v) is 7.99. The van der Waals surface area contributed by atoms with Gasteiger partial charge in [-0.05, 0) is 53.9 Å². The molecule has 0 aliphatic carbocycles. The standard InChI is InChI=1S/C26H24N4O3/c1-2-15-33-19-9-7-18(8-10-19)25-22-23(20-5-3-4-6-21(20)31)28-29-24(22)26(32)30(25)16-17-11-13-27-14-12-17/h3-14,25,31H,2,15-16H2,1H3,(H,28,29)/t25-/m0/s1. The molecule has 0 radical (unpaired) electrons. The van der Waals surface area contributed by atoms with Crippen LogP contribution in [0.3, 0.4) is 0 Å². The molecule has 2 N–H and O–H groups in total. The summed E-state index contributed by atoms with van der Waals surface area (Å²) in [6, 6.07) is 18.3. The minimum absolute atomic E-state index is 0.119. The molecule has 0 bridgehead atoms. The topological polar surface area (TPSA) is 91.3 Å². The van der Waals surface area contributed by atoms with Crippen LogP contribution in [-0.4, -0.2) is 37.7 Å². The number of fused-ring (bicyclic) bond motifs is 1. The van der Waals surface area contributed by atoms with Gasteiger partial charge in [0.25, 0.3) is 5.91 Å². The number of benzene rings is 2. The fourth-order valence-corrected chi connectivity index (χ4v) is 4.24. The van der Waals surface area contributed by atoms with E-state index in [2.05, 4.69) is 22.1 Å². The average Bonchev–Trinajstić information content (AvgIpc) is 3.38. The van der Waals surface area contributed by atoms with Crippen molar-refractivity contribution in [3.8, 4) is 22.8 Å². The van der Waals surface area contributed by atoms with Crippen molar-refractivity contribution < 1.29 is 14.6 Å². The van der Waals surface area contributed by atoms with Gasteiger partial charge in [-0.3, -0.25) is 14.9 Å². The molecule has 0 fully saturated rings. The number of nitrogens with one attached hydrogen (secondary N) is 1. The summed E-state index contributed by atoms with van der Waals surface area (Å²) in [7, 11) is 0. The van der Waals surface area contributed by atoms with Crippen molar-refractivity contribution in [2.75, 3.05) is 6.61 Å². The average molecular weight is 441 g/mol. The quantitative estimate of drug-likeness (QED) is 0.434. The van der Waals surface area contributed by atoms with Crippen molar-refractivity contribution in [2.45, 2.75) is 25.9 Å². The molecule has 1 atom stereocenters. The lowest BCUT2D eigenvalue weighted by molar-refractivity contribution is 0.0730. The largest absolute Gasteiger partial charge is 0.507 e. The molecular formula is C26H24N4O3. The molecule has 0 spiro atoms. The van der Waals surface area contributed by atoms with Crippen molar-refractivity contribution in [2.24, 2.45) is 0 Å². The summed E-state index contributed by atoms with van der Waals surface area (Å²) < 4.78 is 5.74. The van der Waals surface area contributed by atoms with E-state index < -0.39 is 0 Å². The minimum atomic E-state index is -0.366. The second-order valence-electron chi connectivity index (χ2n) is 7.99. The number of phenolic OH excluding ortho intramolecular Hbond substituents is 1. The van der Waals surface area contributed by atoms with E-state index >= 15 is 0 Å². The Kier molecular flexibility index (Phi) is 5.52. The molecule has 2 aromatic heterocycles. The van der Waals surface area contributed by atoms with Crippen LogP contribution in [-0.2, 0) is 6.54 Å². The van der Waals surface area contributed by atoms with Crippen LogP contribution in [0.1, 0.15) is 46.6 Å². The lowest BCUT2D eigenvalue weighted by Crippen LogP contribution is -2.29. The van der Waals surface area contributed by atoms with E-state index in [4.69, 9.17) is 4.74 Å². The van der Waals surface area contributed by atoms with E-state index in [1.54, 1.807) is 30.6 Å². The Labute approximate surface area is 191 Å². The molecule has 0 saturated heterocycles. The number of pyridine rings is 1. The van der Waals surface area contributed by atoms with Gasteiger partial charge in [0.1, 0.15) is 22.9 Å². The zero-order valence-corrected chi connectivity index (χ0v) is 18.2. The van der Waals surface area contributed by atoms with Crippen molar-refractivity contribution in [3.05, 3.63) is 95.4 Å². The first-order valence-electron chi connectivity index (χ1n) is 11.0. The summed E-state index contributed by atoms with van der Waals surface area (Å²) in [5, 5.41) is 17.8. The molecule has 3 heterocycles. The molecule has 0 unspecified atom stereocenters. The molecule has 2 aromatic carbocycles. The van der Waals surface area contributed by atoms with Gasteiger partial charge in [0.15, 0.2) is 0 Å². The smallest absolute Gasteiger partial charge is 0.273 e. The number of rotatable bonds is 7. The highest BCUT2D eigenvalue weighted by Crippen LogP contribution is 2.45. The van der Waals surface area contributed by atoms with Crippen LogP contribution >= 0.6 is 0 Å². The number of hydrogen-bond donors (Lipinski definition) is 2. The number of aromatic nitrogens is 3. The third kappa shape index (κ3) is 3.82. The number of hydrogen-bond acceptors (Lipinski definition) is 5. The Morgan fingerprint density at radius 1 is 1.06 bits per heavy atom. The zero-order valence-electron chi connectivity index (χ0n) is 18.2. The van der Waals surface area contributed by atoms with Crippen LogP contribution in [0, 0.1) is 0 Å². The van der Waals surface area contributed by atoms with E-state index in [-0.39, 0.29) is 17.7 Å². The van der Waals surface area contributed by atoms with Gasteiger partial charge in [-0.1, -0.05) is 31.2 Å². The van der Waals surface area contributed by atoms with E-state index in [9.17, 15) is 9.90 Å². The number of carbonyl (C=O) groups is 1. The van der Waals surface area contributed by atoms with Gasteiger partial charge in [0, 0.05) is 30.1 Å². The molecule has 5 rings (SSSR count). The van der Waals surface area contributed by atoms with Gasteiger partial charge >= 0.3 is 0 Å². The molecule has 1 aliphatic rings. The first-order valence-corrected chi connectivity index (χ1v) is 11.0. The number of H-pyrrole nitrogens is 1. The van der Waals surface area contributed by atoms with Crippen molar-refractivity contribution in [1.29, 1.82) is 0 Å². The number of amides is 1. The van der Waals surface area contributed by atoms with Crippen LogP contribution in [0.5, 0.6) is 11.5 Å². The van der Waals surface area contributed by atoms with Crippen LogP contribution in [0.15, 0.2) is 73.1 Å². The van der Waals surface area contributed by atoms with Crippen molar-refractivity contribution in [1.82, 2.24) is 20.1 Å². The molecule has 33 heavy (non-hydrogen) atoms. The SMILES string of the molecule is CCCOc1ccc([C@H]2c3c(-c4ccccc4O)n[nH]c3C(=O)N2Cc2ccncc2)cc1. The van der Waals surface area contributed by atoms with E-state index in [1.165, 1.54) is 0 Å². The molecule has 166 valence electrons. The van der Waals surface area contributed by atoms with Gasteiger partial charge in [0.2, 0.25) is 0 Å². The normalized spacial score (nSPS) is 15.0. The van der Waals surface area contributed by atoms with E-state index in [0.29, 0.717) is 30.1 Å². The summed E-state index contributed by atoms with van der Waals surface area (Å²) in [4.78, 5) is 19.4. The molecule has 4 aromatic rings. The summed E-state index contributed by atoms with van der Waals surface area (Å²) in [6.07, 6.45) is 4.37. The van der Waals surface area contributed by atoms with Gasteiger partial charge in [-0.2, -0.15) is 5.10 Å². The monoisotopic (exact) mass is 440 g/mol. The highest BCUT2D eigenvalue weighted by molar-refractivity contribution is 6.00. The third-order valence-electron chi connectivity index (χ3n) is 5.79. The summed E-state index contributed by atoms with van der Waals surface area (Å²) in [5.41, 5.74) is 4.29. The first kappa shape index (κ1) is 20.8. The van der Waals surface area contributed by atoms with Gasteiger partial charge in [-0.25, -0.2) is 0 Å². The highest BCUT2D eigenvalue weighted by atomic mass is 16.5. The van der Waals surface area contributed by atoms with Crippen LogP contribution in [0.4, 0.5) is 0 Å². The number of nitrogens with zero attached hydrogens (tertiary/aromatic N) is 3. The fraction of sp³-hybridized carbons (Fsp3) is 0.192. The lowest BCUT2D eigenvalue weighted by Gasteiger charge is -2.26.